The second-order valence-corrected chi connectivity index (χ2v) is 9.56. The highest BCUT2D eigenvalue weighted by atomic mass is 32.2. The van der Waals surface area contributed by atoms with Crippen molar-refractivity contribution in [2.75, 3.05) is 11.1 Å². The third kappa shape index (κ3) is 5.65. The Morgan fingerprint density at radius 3 is 2.14 bits per heavy atom. The Kier molecular flexibility index (Phi) is 8.31. The number of anilines is 2. The van der Waals surface area contributed by atoms with Gasteiger partial charge in [0.25, 0.3) is 0 Å². The van der Waals surface area contributed by atoms with Crippen LogP contribution in [-0.4, -0.2) is 22.0 Å². The first-order chi connectivity index (χ1) is 17.2. The average molecular weight is 499 g/mol. The Morgan fingerprint density at radius 2 is 1.64 bits per heavy atom. The number of hydrogen-bond donors (Lipinski definition) is 3. The van der Waals surface area contributed by atoms with E-state index in [0.29, 0.717) is 34.7 Å². The number of nitriles is 2. The molecule has 2 amide bonds. The highest BCUT2D eigenvalue weighted by Crippen LogP contribution is 2.38. The van der Waals surface area contributed by atoms with E-state index in [1.54, 1.807) is 12.1 Å². The molecule has 3 rings (SSSR count). The summed E-state index contributed by atoms with van der Waals surface area (Å²) in [6.45, 7) is 6.01. The molecule has 0 saturated heterocycles. The zero-order valence-corrected chi connectivity index (χ0v) is 21.0. The first-order valence-electron chi connectivity index (χ1n) is 11.3. The summed E-state index contributed by atoms with van der Waals surface area (Å²) in [5.41, 5.74) is 14.8. The zero-order valence-electron chi connectivity index (χ0n) is 20.2. The number of hydrogen-bond acceptors (Lipinski definition) is 7. The molecular formula is C27H26N6O2S. The molecule has 5 N–H and O–H groups in total. The number of carbonyl (C=O) groups excluding carboxylic acids is 2. The van der Waals surface area contributed by atoms with E-state index < -0.39 is 11.2 Å². The zero-order chi connectivity index (χ0) is 26.4. The van der Waals surface area contributed by atoms with E-state index in [4.69, 9.17) is 11.5 Å². The Balaban J connectivity index is 1.97. The Hall–Kier alpha value is -4.34. The van der Waals surface area contributed by atoms with E-state index in [-0.39, 0.29) is 27.9 Å². The number of primary amides is 1. The molecule has 9 heteroatoms. The van der Waals surface area contributed by atoms with Crippen LogP contribution in [0.3, 0.4) is 0 Å². The molecule has 0 radical (unpaired) electrons. The SMILES string of the molecule is CCC(Sc1nc(N)c(C#N)c(-c2ccc(C(C)C)cc2)c1C#N)C(=O)Nc1ccc(C(N)=O)cc1. The van der Waals surface area contributed by atoms with Crippen molar-refractivity contribution in [1.29, 1.82) is 10.5 Å². The van der Waals surface area contributed by atoms with Crippen LogP contribution in [0.25, 0.3) is 11.1 Å². The predicted molar refractivity (Wildman–Crippen MR) is 141 cm³/mol. The van der Waals surface area contributed by atoms with Gasteiger partial charge < -0.3 is 16.8 Å². The molecule has 1 aromatic heterocycles. The third-order valence-electron chi connectivity index (χ3n) is 5.64. The van der Waals surface area contributed by atoms with Gasteiger partial charge in [-0.1, -0.05) is 56.8 Å². The Morgan fingerprint density at radius 1 is 1.03 bits per heavy atom. The van der Waals surface area contributed by atoms with Crippen LogP contribution in [0, 0.1) is 22.7 Å². The van der Waals surface area contributed by atoms with E-state index in [0.717, 1.165) is 17.3 Å². The van der Waals surface area contributed by atoms with Crippen LogP contribution < -0.4 is 16.8 Å². The van der Waals surface area contributed by atoms with Gasteiger partial charge in [0.1, 0.15) is 28.5 Å². The van der Waals surface area contributed by atoms with Crippen molar-refractivity contribution in [3.05, 3.63) is 70.8 Å². The standard InChI is InChI=1S/C27H26N6O2S/c1-4-22(26(35)32-19-11-9-18(10-12-19)25(31)34)36-27-21(14-29)23(20(13-28)24(30)33-27)17-7-5-16(6-8-17)15(2)3/h5-12,15,22H,4H2,1-3H3,(H2,30,33)(H2,31,34)(H,32,35). The second kappa shape index (κ2) is 11.4. The van der Waals surface area contributed by atoms with Gasteiger partial charge in [0.2, 0.25) is 11.8 Å². The number of rotatable bonds is 8. The molecule has 3 aromatic rings. The predicted octanol–water partition coefficient (Wildman–Crippen LogP) is 4.81. The summed E-state index contributed by atoms with van der Waals surface area (Å²) in [5.74, 6) is -0.530. The maximum Gasteiger partial charge on any atom is 0.248 e. The molecule has 182 valence electrons. The highest BCUT2D eigenvalue weighted by molar-refractivity contribution is 8.00. The summed E-state index contributed by atoms with van der Waals surface area (Å²) < 4.78 is 0. The number of thioether (sulfide) groups is 1. The van der Waals surface area contributed by atoms with Crippen molar-refractivity contribution in [2.45, 2.75) is 43.4 Å². The largest absolute Gasteiger partial charge is 0.383 e. The van der Waals surface area contributed by atoms with Gasteiger partial charge in [-0.15, -0.1) is 0 Å². The van der Waals surface area contributed by atoms with Crippen molar-refractivity contribution in [3.8, 4) is 23.3 Å². The summed E-state index contributed by atoms with van der Waals surface area (Å²) >= 11 is 1.12. The summed E-state index contributed by atoms with van der Waals surface area (Å²) in [6, 6.07) is 18.1. The lowest BCUT2D eigenvalue weighted by Crippen LogP contribution is -2.25. The van der Waals surface area contributed by atoms with Crippen LogP contribution in [0.15, 0.2) is 53.6 Å². The van der Waals surface area contributed by atoms with Crippen LogP contribution in [-0.2, 0) is 4.79 Å². The summed E-state index contributed by atoms with van der Waals surface area (Å²) in [6.07, 6.45) is 0.445. The quantitative estimate of drug-likeness (QED) is 0.376. The molecule has 1 heterocycles. The monoisotopic (exact) mass is 498 g/mol. The molecule has 0 saturated carbocycles. The number of nitrogen functional groups attached to an aromatic ring is 1. The minimum Gasteiger partial charge on any atom is -0.383 e. The van der Waals surface area contributed by atoms with Gasteiger partial charge in [0, 0.05) is 16.8 Å². The fourth-order valence-corrected chi connectivity index (χ4v) is 4.62. The van der Waals surface area contributed by atoms with Crippen LogP contribution in [0.2, 0.25) is 0 Å². The van der Waals surface area contributed by atoms with Crippen LogP contribution in [0.1, 0.15) is 60.2 Å². The average Bonchev–Trinajstić information content (AvgIpc) is 2.87. The maximum atomic E-state index is 13.0. The number of amides is 2. The molecule has 0 aliphatic rings. The molecule has 36 heavy (non-hydrogen) atoms. The van der Waals surface area contributed by atoms with Crippen molar-refractivity contribution >= 4 is 35.1 Å². The lowest BCUT2D eigenvalue weighted by atomic mass is 9.94. The topological polar surface area (TPSA) is 159 Å². The van der Waals surface area contributed by atoms with Gasteiger partial charge >= 0.3 is 0 Å². The third-order valence-corrected chi connectivity index (χ3v) is 6.99. The molecule has 0 spiro atoms. The Labute approximate surface area is 214 Å². The minimum atomic E-state index is -0.594. The van der Waals surface area contributed by atoms with E-state index in [9.17, 15) is 20.1 Å². The van der Waals surface area contributed by atoms with Crippen LogP contribution in [0.5, 0.6) is 0 Å². The van der Waals surface area contributed by atoms with Crippen LogP contribution in [0.4, 0.5) is 11.5 Å². The molecule has 0 fully saturated rings. The lowest BCUT2D eigenvalue weighted by Gasteiger charge is -2.18. The van der Waals surface area contributed by atoms with E-state index in [2.05, 4.69) is 36.3 Å². The Bertz CT molecular complexity index is 1370. The molecular weight excluding hydrogens is 472 g/mol. The fourth-order valence-electron chi connectivity index (χ4n) is 3.60. The minimum absolute atomic E-state index is 0.000706. The number of nitrogens with one attached hydrogen (secondary N) is 1. The van der Waals surface area contributed by atoms with Gasteiger partial charge in [-0.2, -0.15) is 10.5 Å². The van der Waals surface area contributed by atoms with Crippen molar-refractivity contribution in [2.24, 2.45) is 5.73 Å². The molecule has 1 atom stereocenters. The normalized spacial score (nSPS) is 11.4. The number of nitrogens with two attached hydrogens (primary N) is 2. The second-order valence-electron chi connectivity index (χ2n) is 8.37. The molecule has 2 aromatic carbocycles. The van der Waals surface area contributed by atoms with E-state index >= 15 is 0 Å². The van der Waals surface area contributed by atoms with E-state index in [1.807, 2.05) is 31.2 Å². The highest BCUT2D eigenvalue weighted by Gasteiger charge is 2.25. The van der Waals surface area contributed by atoms with Gasteiger partial charge in [-0.3, -0.25) is 9.59 Å². The molecule has 8 nitrogen and oxygen atoms in total. The first-order valence-corrected chi connectivity index (χ1v) is 12.2. The number of aromatic nitrogens is 1. The number of carbonyl (C=O) groups is 2. The van der Waals surface area contributed by atoms with E-state index in [1.165, 1.54) is 12.1 Å². The lowest BCUT2D eigenvalue weighted by molar-refractivity contribution is -0.115. The van der Waals surface area contributed by atoms with Gasteiger partial charge in [-0.05, 0) is 47.7 Å². The van der Waals surface area contributed by atoms with Crippen molar-refractivity contribution in [1.82, 2.24) is 4.98 Å². The van der Waals surface area contributed by atoms with Gasteiger partial charge in [0.05, 0.1) is 10.8 Å². The first kappa shape index (κ1) is 26.3. The molecule has 0 aliphatic carbocycles. The summed E-state index contributed by atoms with van der Waals surface area (Å²) in [5, 5.41) is 22.3. The number of benzene rings is 2. The van der Waals surface area contributed by atoms with Gasteiger partial charge in [0.15, 0.2) is 0 Å². The van der Waals surface area contributed by atoms with Crippen molar-refractivity contribution in [3.63, 3.8) is 0 Å². The summed E-state index contributed by atoms with van der Waals surface area (Å²) in [4.78, 5) is 28.6. The summed E-state index contributed by atoms with van der Waals surface area (Å²) in [7, 11) is 0. The number of nitrogens with zero attached hydrogens (tertiary/aromatic N) is 3. The number of pyridine rings is 1. The molecule has 0 bridgehead atoms. The molecule has 1 unspecified atom stereocenters. The fraction of sp³-hybridized carbons (Fsp3) is 0.222. The molecule has 0 aliphatic heterocycles. The maximum absolute atomic E-state index is 13.0. The van der Waals surface area contributed by atoms with Gasteiger partial charge in [-0.25, -0.2) is 4.98 Å². The van der Waals surface area contributed by atoms with Crippen molar-refractivity contribution < 1.29 is 9.59 Å². The smallest absolute Gasteiger partial charge is 0.248 e. The van der Waals surface area contributed by atoms with Crippen LogP contribution >= 0.6 is 11.8 Å².